The number of benzene rings is 1. The number of carbonyl (C=O) groups excluding carboxylic acids is 2. The molecule has 1 aliphatic rings. The molecule has 2 amide bonds. The second kappa shape index (κ2) is 7.29. The van der Waals surface area contributed by atoms with Crippen molar-refractivity contribution in [3.8, 4) is 5.75 Å². The lowest BCUT2D eigenvalue weighted by Crippen LogP contribution is -2.51. The first kappa shape index (κ1) is 16.3. The lowest BCUT2D eigenvalue weighted by atomic mass is 10.1. The molecule has 5 nitrogen and oxygen atoms in total. The number of hydrogen-bond acceptors (Lipinski definition) is 3. The van der Waals surface area contributed by atoms with Crippen LogP contribution in [0.1, 0.15) is 31.1 Å². The van der Waals surface area contributed by atoms with Gasteiger partial charge in [0, 0.05) is 37.7 Å². The zero-order valence-corrected chi connectivity index (χ0v) is 13.5. The molecule has 0 spiro atoms. The van der Waals surface area contributed by atoms with Gasteiger partial charge in [-0.1, -0.05) is 13.8 Å². The molecule has 1 fully saturated rings. The third-order valence-electron chi connectivity index (χ3n) is 3.78. The Hall–Kier alpha value is -2.04. The van der Waals surface area contributed by atoms with Gasteiger partial charge in [0.2, 0.25) is 5.91 Å². The van der Waals surface area contributed by atoms with Crippen LogP contribution in [-0.2, 0) is 4.79 Å². The number of amides is 2. The second-order valence-corrected chi connectivity index (χ2v) is 5.73. The number of rotatable bonds is 4. The molecule has 1 saturated heterocycles. The third-order valence-corrected chi connectivity index (χ3v) is 3.78. The zero-order chi connectivity index (χ0) is 16.1. The van der Waals surface area contributed by atoms with Gasteiger partial charge in [-0.05, 0) is 31.2 Å². The minimum atomic E-state index is 0.00774. The largest absolute Gasteiger partial charge is 0.494 e. The van der Waals surface area contributed by atoms with Crippen LogP contribution in [0.2, 0.25) is 0 Å². The monoisotopic (exact) mass is 304 g/mol. The van der Waals surface area contributed by atoms with E-state index in [2.05, 4.69) is 0 Å². The van der Waals surface area contributed by atoms with Crippen LogP contribution in [0, 0.1) is 5.92 Å². The van der Waals surface area contributed by atoms with Crippen molar-refractivity contribution in [2.24, 2.45) is 5.92 Å². The minimum Gasteiger partial charge on any atom is -0.494 e. The normalized spacial score (nSPS) is 15.1. The first-order valence-electron chi connectivity index (χ1n) is 7.84. The SMILES string of the molecule is CCOc1ccc(C(=O)N2CCN(C(=O)C(C)C)CC2)cc1. The van der Waals surface area contributed by atoms with Gasteiger partial charge >= 0.3 is 0 Å². The van der Waals surface area contributed by atoms with E-state index in [1.165, 1.54) is 0 Å². The molecule has 0 N–H and O–H groups in total. The summed E-state index contributed by atoms with van der Waals surface area (Å²) in [5, 5.41) is 0. The molecule has 0 aliphatic carbocycles. The van der Waals surface area contributed by atoms with E-state index in [1.54, 1.807) is 17.0 Å². The summed E-state index contributed by atoms with van der Waals surface area (Å²) in [6.07, 6.45) is 0. The lowest BCUT2D eigenvalue weighted by Gasteiger charge is -2.35. The quantitative estimate of drug-likeness (QED) is 0.855. The summed E-state index contributed by atoms with van der Waals surface area (Å²) in [6, 6.07) is 7.21. The Kier molecular flexibility index (Phi) is 5.41. The van der Waals surface area contributed by atoms with E-state index in [0.717, 1.165) is 5.75 Å². The van der Waals surface area contributed by atoms with E-state index in [1.807, 2.05) is 37.8 Å². The average molecular weight is 304 g/mol. The maximum Gasteiger partial charge on any atom is 0.253 e. The lowest BCUT2D eigenvalue weighted by molar-refractivity contribution is -0.135. The number of carbonyl (C=O) groups is 2. The number of hydrogen-bond donors (Lipinski definition) is 0. The average Bonchev–Trinajstić information content (AvgIpc) is 2.54. The molecule has 0 unspecified atom stereocenters. The Bertz CT molecular complexity index is 517. The standard InChI is InChI=1S/C17H24N2O3/c1-4-22-15-7-5-14(6-8-15)17(21)19-11-9-18(10-12-19)16(20)13(2)3/h5-8,13H,4,9-12H2,1-3H3. The van der Waals surface area contributed by atoms with Crippen molar-refractivity contribution in [3.05, 3.63) is 29.8 Å². The molecule has 1 aliphatic heterocycles. The van der Waals surface area contributed by atoms with Crippen molar-refractivity contribution >= 4 is 11.8 Å². The Morgan fingerprint density at radius 3 is 2.09 bits per heavy atom. The fourth-order valence-corrected chi connectivity index (χ4v) is 2.54. The van der Waals surface area contributed by atoms with Gasteiger partial charge in [0.1, 0.15) is 5.75 Å². The predicted molar refractivity (Wildman–Crippen MR) is 84.9 cm³/mol. The smallest absolute Gasteiger partial charge is 0.253 e. The highest BCUT2D eigenvalue weighted by Crippen LogP contribution is 2.15. The molecule has 1 heterocycles. The van der Waals surface area contributed by atoms with Gasteiger partial charge in [0.05, 0.1) is 6.61 Å². The highest BCUT2D eigenvalue weighted by atomic mass is 16.5. The van der Waals surface area contributed by atoms with Crippen molar-refractivity contribution in [2.45, 2.75) is 20.8 Å². The van der Waals surface area contributed by atoms with Gasteiger partial charge < -0.3 is 14.5 Å². The summed E-state index contributed by atoms with van der Waals surface area (Å²) >= 11 is 0. The van der Waals surface area contributed by atoms with Crippen molar-refractivity contribution in [1.82, 2.24) is 9.80 Å². The van der Waals surface area contributed by atoms with Crippen LogP contribution in [0.3, 0.4) is 0 Å². The van der Waals surface area contributed by atoms with Crippen molar-refractivity contribution in [1.29, 1.82) is 0 Å². The topological polar surface area (TPSA) is 49.9 Å². The fraction of sp³-hybridized carbons (Fsp3) is 0.529. The van der Waals surface area contributed by atoms with Crippen LogP contribution < -0.4 is 4.74 Å². The fourth-order valence-electron chi connectivity index (χ4n) is 2.54. The van der Waals surface area contributed by atoms with E-state index < -0.39 is 0 Å². The molecule has 120 valence electrons. The summed E-state index contributed by atoms with van der Waals surface area (Å²) in [4.78, 5) is 28.1. The second-order valence-electron chi connectivity index (χ2n) is 5.73. The number of nitrogens with zero attached hydrogens (tertiary/aromatic N) is 2. The molecular formula is C17H24N2O3. The van der Waals surface area contributed by atoms with E-state index in [0.29, 0.717) is 38.3 Å². The van der Waals surface area contributed by atoms with Crippen LogP contribution in [0.15, 0.2) is 24.3 Å². The van der Waals surface area contributed by atoms with Crippen LogP contribution >= 0.6 is 0 Å². The predicted octanol–water partition coefficient (Wildman–Crippen LogP) is 2.03. The molecule has 0 atom stereocenters. The molecule has 0 radical (unpaired) electrons. The van der Waals surface area contributed by atoms with Crippen molar-refractivity contribution in [2.75, 3.05) is 32.8 Å². The van der Waals surface area contributed by atoms with Crippen LogP contribution in [0.5, 0.6) is 5.75 Å². The molecule has 1 aromatic carbocycles. The molecule has 0 saturated carbocycles. The zero-order valence-electron chi connectivity index (χ0n) is 13.5. The molecule has 22 heavy (non-hydrogen) atoms. The van der Waals surface area contributed by atoms with Gasteiger partial charge in [-0.25, -0.2) is 0 Å². The van der Waals surface area contributed by atoms with Crippen molar-refractivity contribution < 1.29 is 14.3 Å². The third kappa shape index (κ3) is 3.78. The van der Waals surface area contributed by atoms with E-state index in [9.17, 15) is 9.59 Å². The molecular weight excluding hydrogens is 280 g/mol. The van der Waals surface area contributed by atoms with Gasteiger partial charge in [0.25, 0.3) is 5.91 Å². The number of ether oxygens (including phenoxy) is 1. The Labute approximate surface area is 131 Å². The summed E-state index contributed by atoms with van der Waals surface area (Å²) in [5.74, 6) is 0.952. The number of piperazine rings is 1. The van der Waals surface area contributed by atoms with Gasteiger partial charge in [0.15, 0.2) is 0 Å². The summed E-state index contributed by atoms with van der Waals surface area (Å²) < 4.78 is 5.38. The van der Waals surface area contributed by atoms with E-state index in [-0.39, 0.29) is 17.7 Å². The van der Waals surface area contributed by atoms with Gasteiger partial charge in [-0.15, -0.1) is 0 Å². The summed E-state index contributed by atoms with van der Waals surface area (Å²) in [5.41, 5.74) is 0.659. The summed E-state index contributed by atoms with van der Waals surface area (Å²) in [7, 11) is 0. The van der Waals surface area contributed by atoms with Crippen molar-refractivity contribution in [3.63, 3.8) is 0 Å². The maximum absolute atomic E-state index is 12.5. The summed E-state index contributed by atoms with van der Waals surface area (Å²) in [6.45, 7) is 8.74. The van der Waals surface area contributed by atoms with Gasteiger partial charge in [-0.2, -0.15) is 0 Å². The van der Waals surface area contributed by atoms with Crippen LogP contribution in [0.25, 0.3) is 0 Å². The maximum atomic E-state index is 12.5. The highest BCUT2D eigenvalue weighted by Gasteiger charge is 2.25. The highest BCUT2D eigenvalue weighted by molar-refractivity contribution is 5.94. The Morgan fingerprint density at radius 1 is 1.05 bits per heavy atom. The van der Waals surface area contributed by atoms with E-state index >= 15 is 0 Å². The Balaban J connectivity index is 1.93. The van der Waals surface area contributed by atoms with E-state index in [4.69, 9.17) is 4.74 Å². The molecule has 5 heteroatoms. The molecule has 0 bridgehead atoms. The minimum absolute atomic E-state index is 0.00774. The Morgan fingerprint density at radius 2 is 1.59 bits per heavy atom. The first-order chi connectivity index (χ1) is 10.5. The molecule has 0 aromatic heterocycles. The molecule has 1 aromatic rings. The van der Waals surface area contributed by atoms with Crippen LogP contribution in [0.4, 0.5) is 0 Å². The van der Waals surface area contributed by atoms with Crippen LogP contribution in [-0.4, -0.2) is 54.4 Å². The first-order valence-corrected chi connectivity index (χ1v) is 7.84. The molecule has 2 rings (SSSR count). The van der Waals surface area contributed by atoms with Gasteiger partial charge in [-0.3, -0.25) is 9.59 Å².